The van der Waals surface area contributed by atoms with Crippen molar-refractivity contribution in [3.63, 3.8) is 0 Å². The Kier molecular flexibility index (Phi) is 7.08. The van der Waals surface area contributed by atoms with Crippen LogP contribution in [0.3, 0.4) is 0 Å². The van der Waals surface area contributed by atoms with E-state index in [4.69, 9.17) is 5.11 Å². The minimum absolute atomic E-state index is 0.0313. The summed E-state index contributed by atoms with van der Waals surface area (Å²) < 4.78 is 0. The first kappa shape index (κ1) is 17.4. The monoisotopic (exact) mass is 310 g/mol. The zero-order valence-corrected chi connectivity index (χ0v) is 13.4. The highest BCUT2D eigenvalue weighted by Crippen LogP contribution is 2.20. The highest BCUT2D eigenvalue weighted by molar-refractivity contribution is 7.98. The number of carboxylic acids is 1. The van der Waals surface area contributed by atoms with E-state index in [0.29, 0.717) is 0 Å². The number of para-hydroxylation sites is 1. The number of aryl methyl sites for hydroxylation is 1. The molecular weight excluding hydrogens is 288 g/mol. The maximum absolute atomic E-state index is 12.4. The molecule has 5 nitrogen and oxygen atoms in total. The van der Waals surface area contributed by atoms with E-state index in [1.807, 2.05) is 44.4 Å². The molecule has 1 aromatic carbocycles. The number of thioether (sulfide) groups is 1. The Hall–Kier alpha value is -1.69. The molecule has 1 aromatic rings. The highest BCUT2D eigenvalue weighted by atomic mass is 32.2. The molecule has 1 unspecified atom stereocenters. The fourth-order valence-corrected chi connectivity index (χ4v) is 2.57. The second-order valence-electron chi connectivity index (χ2n) is 4.89. The van der Waals surface area contributed by atoms with Crippen LogP contribution in [0.25, 0.3) is 0 Å². The molecular formula is C15H22N2O3S. The maximum Gasteiger partial charge on any atom is 0.322 e. The lowest BCUT2D eigenvalue weighted by atomic mass is 10.2. The lowest BCUT2D eigenvalue weighted by Gasteiger charge is -2.26. The summed E-state index contributed by atoms with van der Waals surface area (Å²) >= 11 is 1.65. The molecule has 0 spiro atoms. The fourth-order valence-electron chi connectivity index (χ4n) is 1.99. The van der Waals surface area contributed by atoms with Gasteiger partial charge in [0.15, 0.2) is 0 Å². The van der Waals surface area contributed by atoms with Crippen molar-refractivity contribution in [1.29, 1.82) is 0 Å². The average molecular weight is 310 g/mol. The highest BCUT2D eigenvalue weighted by Gasteiger charge is 2.19. The number of urea groups is 1. The van der Waals surface area contributed by atoms with Gasteiger partial charge in [0, 0.05) is 24.0 Å². The number of benzene rings is 1. The normalized spacial score (nSPS) is 11.8. The van der Waals surface area contributed by atoms with E-state index >= 15 is 0 Å². The molecule has 2 amide bonds. The van der Waals surface area contributed by atoms with E-state index in [0.717, 1.165) is 17.0 Å². The molecule has 116 valence electrons. The zero-order chi connectivity index (χ0) is 15.8. The van der Waals surface area contributed by atoms with Crippen LogP contribution in [0.5, 0.6) is 0 Å². The van der Waals surface area contributed by atoms with Gasteiger partial charge in [-0.2, -0.15) is 11.8 Å². The van der Waals surface area contributed by atoms with Crippen LogP contribution < -0.4 is 10.2 Å². The fraction of sp³-hybridized carbons (Fsp3) is 0.467. The topological polar surface area (TPSA) is 69.6 Å². The van der Waals surface area contributed by atoms with Gasteiger partial charge in [-0.3, -0.25) is 9.69 Å². The predicted molar refractivity (Wildman–Crippen MR) is 87.2 cm³/mol. The van der Waals surface area contributed by atoms with E-state index in [1.165, 1.54) is 4.90 Å². The van der Waals surface area contributed by atoms with Crippen LogP contribution in [0.15, 0.2) is 24.3 Å². The van der Waals surface area contributed by atoms with E-state index in [2.05, 4.69) is 5.32 Å². The van der Waals surface area contributed by atoms with Crippen molar-refractivity contribution in [3.8, 4) is 0 Å². The van der Waals surface area contributed by atoms with Crippen molar-refractivity contribution in [2.45, 2.75) is 26.3 Å². The molecule has 0 fully saturated rings. The van der Waals surface area contributed by atoms with Crippen molar-refractivity contribution in [2.75, 3.05) is 23.5 Å². The number of nitrogens with one attached hydrogen (secondary N) is 1. The summed E-state index contributed by atoms with van der Waals surface area (Å²) in [5.41, 5.74) is 1.68. The van der Waals surface area contributed by atoms with Gasteiger partial charge >= 0.3 is 12.0 Å². The lowest BCUT2D eigenvalue weighted by Crippen LogP contribution is -2.46. The van der Waals surface area contributed by atoms with Gasteiger partial charge in [-0.1, -0.05) is 18.2 Å². The van der Waals surface area contributed by atoms with E-state index in [1.54, 1.807) is 11.8 Å². The number of rotatable bonds is 7. The van der Waals surface area contributed by atoms with Crippen LogP contribution in [0.4, 0.5) is 10.5 Å². The molecule has 0 saturated carbocycles. The number of aliphatic carboxylic acids is 1. The Morgan fingerprint density at radius 2 is 2.05 bits per heavy atom. The van der Waals surface area contributed by atoms with Crippen LogP contribution in [-0.2, 0) is 4.79 Å². The van der Waals surface area contributed by atoms with Crippen molar-refractivity contribution in [2.24, 2.45) is 0 Å². The molecule has 0 saturated heterocycles. The number of carboxylic acid groups (broad SMARTS) is 1. The third-order valence-electron chi connectivity index (χ3n) is 2.99. The number of carbonyl (C=O) groups is 2. The average Bonchev–Trinajstić information content (AvgIpc) is 2.40. The summed E-state index contributed by atoms with van der Waals surface area (Å²) in [6.07, 6.45) is 1.89. The smallest absolute Gasteiger partial charge is 0.322 e. The summed E-state index contributed by atoms with van der Waals surface area (Å²) in [7, 11) is 0. The Morgan fingerprint density at radius 1 is 1.38 bits per heavy atom. The molecule has 6 heteroatoms. The molecule has 1 atom stereocenters. The number of hydrogen-bond donors (Lipinski definition) is 2. The molecule has 0 aliphatic rings. The van der Waals surface area contributed by atoms with Crippen LogP contribution in [0, 0.1) is 6.92 Å². The van der Waals surface area contributed by atoms with Gasteiger partial charge in [0.1, 0.15) is 0 Å². The van der Waals surface area contributed by atoms with E-state index in [9.17, 15) is 9.59 Å². The maximum atomic E-state index is 12.4. The molecule has 0 aliphatic heterocycles. The first-order valence-electron chi connectivity index (χ1n) is 6.80. The SMILES string of the molecule is CSCC(C)NC(=O)N(CCC(=O)O)c1ccccc1C. The molecule has 0 heterocycles. The Labute approximate surface area is 129 Å². The Balaban J connectivity index is 2.89. The Morgan fingerprint density at radius 3 is 2.62 bits per heavy atom. The van der Waals surface area contributed by atoms with Gasteiger partial charge in [0.2, 0.25) is 0 Å². The van der Waals surface area contributed by atoms with Crippen molar-refractivity contribution < 1.29 is 14.7 Å². The molecule has 0 aliphatic carbocycles. The third kappa shape index (κ3) is 5.67. The van der Waals surface area contributed by atoms with Gasteiger partial charge in [0.05, 0.1) is 6.42 Å². The number of anilines is 1. The molecule has 0 bridgehead atoms. The van der Waals surface area contributed by atoms with Crippen molar-refractivity contribution >= 4 is 29.4 Å². The second kappa shape index (κ2) is 8.56. The molecule has 0 aromatic heterocycles. The predicted octanol–water partition coefficient (Wildman–Crippen LogP) is 2.74. The largest absolute Gasteiger partial charge is 0.481 e. The molecule has 1 rings (SSSR count). The number of nitrogens with zero attached hydrogens (tertiary/aromatic N) is 1. The van der Waals surface area contributed by atoms with Crippen LogP contribution in [-0.4, -0.2) is 41.7 Å². The summed E-state index contributed by atoms with van der Waals surface area (Å²) in [6, 6.07) is 7.24. The first-order valence-corrected chi connectivity index (χ1v) is 8.19. The van der Waals surface area contributed by atoms with Gasteiger partial charge in [-0.05, 0) is 31.7 Å². The van der Waals surface area contributed by atoms with E-state index < -0.39 is 5.97 Å². The molecule has 2 N–H and O–H groups in total. The summed E-state index contributed by atoms with van der Waals surface area (Å²) in [5.74, 6) is -0.106. The number of hydrogen-bond acceptors (Lipinski definition) is 3. The summed E-state index contributed by atoms with van der Waals surface area (Å²) in [6.45, 7) is 3.99. The minimum atomic E-state index is -0.918. The van der Waals surface area contributed by atoms with Gasteiger partial charge in [-0.25, -0.2) is 4.79 Å². The van der Waals surface area contributed by atoms with Gasteiger partial charge < -0.3 is 10.4 Å². The molecule has 0 radical (unpaired) electrons. The van der Waals surface area contributed by atoms with Gasteiger partial charge in [-0.15, -0.1) is 0 Å². The zero-order valence-electron chi connectivity index (χ0n) is 12.6. The third-order valence-corrected chi connectivity index (χ3v) is 3.82. The van der Waals surface area contributed by atoms with E-state index in [-0.39, 0.29) is 25.0 Å². The number of amides is 2. The Bertz CT molecular complexity index is 494. The quantitative estimate of drug-likeness (QED) is 0.812. The summed E-state index contributed by atoms with van der Waals surface area (Å²) in [4.78, 5) is 24.7. The van der Waals surface area contributed by atoms with Crippen LogP contribution in [0.2, 0.25) is 0 Å². The summed E-state index contributed by atoms with van der Waals surface area (Å²) in [5, 5.41) is 11.8. The van der Waals surface area contributed by atoms with Crippen molar-refractivity contribution in [3.05, 3.63) is 29.8 Å². The second-order valence-corrected chi connectivity index (χ2v) is 5.80. The van der Waals surface area contributed by atoms with Crippen LogP contribution >= 0.6 is 11.8 Å². The van der Waals surface area contributed by atoms with Gasteiger partial charge in [0.25, 0.3) is 0 Å². The standard InChI is InChI=1S/C15H22N2O3S/c1-11-6-4-5-7-13(11)17(9-8-14(18)19)15(20)16-12(2)10-21-3/h4-7,12H,8-10H2,1-3H3,(H,16,20)(H,18,19). The minimum Gasteiger partial charge on any atom is -0.481 e. The number of carbonyl (C=O) groups excluding carboxylic acids is 1. The van der Waals surface area contributed by atoms with Crippen molar-refractivity contribution in [1.82, 2.24) is 5.32 Å². The van der Waals surface area contributed by atoms with Crippen LogP contribution in [0.1, 0.15) is 18.9 Å². The lowest BCUT2D eigenvalue weighted by molar-refractivity contribution is -0.136. The molecule has 21 heavy (non-hydrogen) atoms. The first-order chi connectivity index (χ1) is 9.95.